The van der Waals surface area contributed by atoms with Crippen LogP contribution in [0.5, 0.6) is 0 Å². The highest BCUT2D eigenvalue weighted by molar-refractivity contribution is 7.89. The maximum Gasteiger partial charge on any atom is 0.244 e. The Hall–Kier alpha value is -1.22. The van der Waals surface area contributed by atoms with Gasteiger partial charge in [0.05, 0.1) is 6.61 Å². The van der Waals surface area contributed by atoms with Crippen molar-refractivity contribution >= 4 is 15.8 Å². The van der Waals surface area contributed by atoms with E-state index in [1.807, 2.05) is 13.8 Å². The first-order valence-electron chi connectivity index (χ1n) is 5.96. The molecule has 1 heterocycles. The average molecular weight is 288 g/mol. The largest absolute Gasteiger partial charge is 0.380 e. The lowest BCUT2D eigenvalue weighted by Gasteiger charge is -2.10. The van der Waals surface area contributed by atoms with Gasteiger partial charge in [-0.1, -0.05) is 13.8 Å². The molecule has 8 heteroatoms. The number of nitrogens with one attached hydrogen (secondary N) is 2. The number of nitrogen functional groups attached to an aromatic ring is 1. The average Bonchev–Trinajstić information content (AvgIpc) is 2.37. The van der Waals surface area contributed by atoms with Crippen molar-refractivity contribution in [3.8, 4) is 0 Å². The number of rotatable bonds is 8. The van der Waals surface area contributed by atoms with Crippen LogP contribution in [-0.2, 0) is 14.8 Å². The van der Waals surface area contributed by atoms with Crippen LogP contribution < -0.4 is 16.0 Å². The molecule has 0 atom stereocenters. The van der Waals surface area contributed by atoms with E-state index >= 15 is 0 Å². The molecule has 1 rings (SSSR count). The monoisotopic (exact) mass is 288 g/mol. The molecule has 0 aromatic carbocycles. The van der Waals surface area contributed by atoms with Gasteiger partial charge < -0.3 is 10.2 Å². The van der Waals surface area contributed by atoms with Gasteiger partial charge in [0, 0.05) is 19.3 Å². The van der Waals surface area contributed by atoms with Crippen LogP contribution in [0.1, 0.15) is 13.8 Å². The van der Waals surface area contributed by atoms with Gasteiger partial charge >= 0.3 is 0 Å². The van der Waals surface area contributed by atoms with Crippen LogP contribution in [0.25, 0.3) is 0 Å². The lowest BCUT2D eigenvalue weighted by atomic mass is 10.2. The summed E-state index contributed by atoms with van der Waals surface area (Å²) >= 11 is 0. The molecule has 0 bridgehead atoms. The lowest BCUT2D eigenvalue weighted by molar-refractivity contribution is 0.114. The first kappa shape index (κ1) is 15.8. The zero-order valence-electron chi connectivity index (χ0n) is 11.1. The Bertz CT molecular complexity index is 490. The van der Waals surface area contributed by atoms with Crippen molar-refractivity contribution in [2.45, 2.75) is 18.7 Å². The molecule has 0 radical (unpaired) electrons. The maximum absolute atomic E-state index is 12.0. The van der Waals surface area contributed by atoms with Gasteiger partial charge in [0.25, 0.3) is 0 Å². The molecule has 108 valence electrons. The highest BCUT2D eigenvalue weighted by Crippen LogP contribution is 2.16. The Balaban J connectivity index is 2.56. The van der Waals surface area contributed by atoms with Gasteiger partial charge in [-0.15, -0.1) is 0 Å². The lowest BCUT2D eigenvalue weighted by Crippen LogP contribution is -2.29. The molecule has 1 aromatic heterocycles. The van der Waals surface area contributed by atoms with Crippen molar-refractivity contribution in [2.24, 2.45) is 11.8 Å². The second kappa shape index (κ2) is 7.39. The molecule has 1 aromatic rings. The zero-order valence-corrected chi connectivity index (χ0v) is 11.9. The van der Waals surface area contributed by atoms with Crippen LogP contribution in [0.3, 0.4) is 0 Å². The van der Waals surface area contributed by atoms with E-state index in [2.05, 4.69) is 15.1 Å². The van der Waals surface area contributed by atoms with E-state index in [1.165, 1.54) is 18.3 Å². The topological polar surface area (TPSA) is 106 Å². The minimum absolute atomic E-state index is 0.0151. The van der Waals surface area contributed by atoms with E-state index < -0.39 is 10.0 Å². The fourth-order valence-corrected chi connectivity index (χ4v) is 2.49. The summed E-state index contributed by atoms with van der Waals surface area (Å²) in [6.07, 6.45) is 1.46. The summed E-state index contributed by atoms with van der Waals surface area (Å²) in [5.74, 6) is 5.76. The molecule has 0 aliphatic rings. The molecule has 19 heavy (non-hydrogen) atoms. The molecular weight excluding hydrogens is 268 g/mol. The van der Waals surface area contributed by atoms with Crippen LogP contribution in [0, 0.1) is 5.92 Å². The van der Waals surface area contributed by atoms with Gasteiger partial charge in [-0.05, 0) is 18.1 Å². The summed E-state index contributed by atoms with van der Waals surface area (Å²) in [4.78, 5) is 3.86. The number of aromatic nitrogens is 1. The van der Waals surface area contributed by atoms with Crippen molar-refractivity contribution in [1.82, 2.24) is 9.71 Å². The van der Waals surface area contributed by atoms with Gasteiger partial charge in [-0.2, -0.15) is 0 Å². The van der Waals surface area contributed by atoms with Crippen molar-refractivity contribution in [1.29, 1.82) is 0 Å². The number of nitrogens with two attached hydrogens (primary N) is 1. The highest BCUT2D eigenvalue weighted by Gasteiger charge is 2.18. The normalized spacial score (nSPS) is 11.8. The minimum Gasteiger partial charge on any atom is -0.380 e. The van der Waals surface area contributed by atoms with E-state index in [0.717, 1.165) is 0 Å². The SMILES string of the molecule is CC(C)COCCNS(=O)(=O)c1cccnc1NN. The number of pyridine rings is 1. The van der Waals surface area contributed by atoms with E-state index in [-0.39, 0.29) is 17.3 Å². The molecule has 0 spiro atoms. The third-order valence-corrected chi connectivity index (χ3v) is 3.68. The van der Waals surface area contributed by atoms with Crippen molar-refractivity contribution in [3.05, 3.63) is 18.3 Å². The van der Waals surface area contributed by atoms with Crippen LogP contribution in [0.2, 0.25) is 0 Å². The van der Waals surface area contributed by atoms with Gasteiger partial charge in [0.15, 0.2) is 5.82 Å². The van der Waals surface area contributed by atoms with Gasteiger partial charge in [-0.3, -0.25) is 0 Å². The Kier molecular flexibility index (Phi) is 6.16. The number of hydrazine groups is 1. The molecule has 4 N–H and O–H groups in total. The fourth-order valence-electron chi connectivity index (χ4n) is 1.36. The Morgan fingerprint density at radius 2 is 2.21 bits per heavy atom. The van der Waals surface area contributed by atoms with Crippen LogP contribution in [0.4, 0.5) is 5.82 Å². The molecule has 0 aliphatic heterocycles. The summed E-state index contributed by atoms with van der Waals surface area (Å²) in [6.45, 7) is 5.18. The van der Waals surface area contributed by atoms with Gasteiger partial charge in [0.2, 0.25) is 10.0 Å². The minimum atomic E-state index is -3.64. The number of hydrogen-bond acceptors (Lipinski definition) is 6. The fraction of sp³-hybridized carbons (Fsp3) is 0.545. The summed E-state index contributed by atoms with van der Waals surface area (Å²) in [6, 6.07) is 2.96. The Labute approximate surface area is 113 Å². The van der Waals surface area contributed by atoms with Crippen molar-refractivity contribution in [3.63, 3.8) is 0 Å². The van der Waals surface area contributed by atoms with Crippen LogP contribution >= 0.6 is 0 Å². The summed E-state index contributed by atoms with van der Waals surface area (Å²) in [5, 5.41) is 0. The highest BCUT2D eigenvalue weighted by atomic mass is 32.2. The third kappa shape index (κ3) is 5.11. The molecular formula is C11H20N4O3S. The summed E-state index contributed by atoms with van der Waals surface area (Å²) in [7, 11) is -3.64. The number of ether oxygens (including phenoxy) is 1. The Morgan fingerprint density at radius 1 is 1.47 bits per heavy atom. The molecule has 0 aliphatic carbocycles. The molecule has 7 nitrogen and oxygen atoms in total. The summed E-state index contributed by atoms with van der Waals surface area (Å²) in [5.41, 5.74) is 2.26. The standard InChI is InChI=1S/C11H20N4O3S/c1-9(2)8-18-7-6-14-19(16,17)10-4-3-5-13-11(10)15-12/h3-5,9,14H,6-8,12H2,1-2H3,(H,13,15). The van der Waals surface area contributed by atoms with Crippen molar-refractivity contribution in [2.75, 3.05) is 25.2 Å². The first-order chi connectivity index (χ1) is 8.97. The van der Waals surface area contributed by atoms with Crippen LogP contribution in [0.15, 0.2) is 23.2 Å². The third-order valence-electron chi connectivity index (χ3n) is 2.19. The summed E-state index contributed by atoms with van der Waals surface area (Å²) < 4.78 is 31.7. The van der Waals surface area contributed by atoms with Crippen LogP contribution in [-0.4, -0.2) is 33.2 Å². The number of nitrogens with zero attached hydrogens (tertiary/aromatic N) is 1. The smallest absolute Gasteiger partial charge is 0.244 e. The number of sulfonamides is 1. The van der Waals surface area contributed by atoms with E-state index in [1.54, 1.807) is 0 Å². The first-order valence-corrected chi connectivity index (χ1v) is 7.44. The second-order valence-corrected chi connectivity index (χ2v) is 6.10. The number of anilines is 1. The quantitative estimate of drug-likeness (QED) is 0.361. The van der Waals surface area contributed by atoms with Gasteiger partial charge in [-0.25, -0.2) is 24.0 Å². The van der Waals surface area contributed by atoms with E-state index in [0.29, 0.717) is 19.1 Å². The predicted molar refractivity (Wildman–Crippen MR) is 72.9 cm³/mol. The second-order valence-electron chi connectivity index (χ2n) is 4.36. The predicted octanol–water partition coefficient (Wildman–Crippen LogP) is 0.318. The van der Waals surface area contributed by atoms with Gasteiger partial charge in [0.1, 0.15) is 4.90 Å². The molecule has 0 saturated carbocycles. The number of hydrogen-bond donors (Lipinski definition) is 3. The molecule has 0 fully saturated rings. The van der Waals surface area contributed by atoms with E-state index in [4.69, 9.17) is 10.6 Å². The maximum atomic E-state index is 12.0. The Morgan fingerprint density at radius 3 is 2.84 bits per heavy atom. The molecule has 0 saturated heterocycles. The molecule has 0 unspecified atom stereocenters. The van der Waals surface area contributed by atoms with E-state index in [9.17, 15) is 8.42 Å². The molecule has 0 amide bonds. The van der Waals surface area contributed by atoms with Crippen molar-refractivity contribution < 1.29 is 13.2 Å². The zero-order chi connectivity index (χ0) is 14.3.